The topological polar surface area (TPSA) is 68.0 Å². The molecule has 0 amide bonds. The van der Waals surface area contributed by atoms with E-state index in [1.165, 1.54) is 32.1 Å². The van der Waals surface area contributed by atoms with Crippen LogP contribution in [0.25, 0.3) is 11.1 Å². The Hall–Kier alpha value is -2.95. The number of aryl methyl sites for hydroxylation is 1. The lowest BCUT2D eigenvalue weighted by Gasteiger charge is -2.18. The molecule has 5 nitrogen and oxygen atoms in total. The molecule has 1 aliphatic rings. The molecular formula is C24H27N3O2. The zero-order chi connectivity index (χ0) is 20.2. The monoisotopic (exact) mass is 389 g/mol. The minimum absolute atomic E-state index is 0.323. The largest absolute Gasteiger partial charge is 0.478 e. The third kappa shape index (κ3) is 4.24. The zero-order valence-electron chi connectivity index (χ0n) is 16.8. The van der Waals surface area contributed by atoms with E-state index in [1.54, 1.807) is 6.07 Å². The molecule has 1 N–H and O–H groups in total. The van der Waals surface area contributed by atoms with E-state index >= 15 is 0 Å². The minimum Gasteiger partial charge on any atom is -0.478 e. The van der Waals surface area contributed by atoms with Crippen LogP contribution in [0.5, 0.6) is 0 Å². The van der Waals surface area contributed by atoms with Crippen molar-refractivity contribution in [2.45, 2.75) is 57.9 Å². The fourth-order valence-electron chi connectivity index (χ4n) is 4.24. The van der Waals surface area contributed by atoms with Crippen LogP contribution >= 0.6 is 0 Å². The van der Waals surface area contributed by atoms with Gasteiger partial charge in [-0.25, -0.2) is 14.5 Å². The molecular weight excluding hydrogens is 362 g/mol. The second-order valence-electron chi connectivity index (χ2n) is 7.76. The summed E-state index contributed by atoms with van der Waals surface area (Å²) in [6, 6.07) is 15.3. The van der Waals surface area contributed by atoms with E-state index in [0.717, 1.165) is 34.9 Å². The summed E-state index contributed by atoms with van der Waals surface area (Å²) < 4.78 is 1.97. The molecule has 0 radical (unpaired) electrons. The van der Waals surface area contributed by atoms with Crippen molar-refractivity contribution in [3.05, 3.63) is 71.3 Å². The Morgan fingerprint density at radius 3 is 2.55 bits per heavy atom. The summed E-state index contributed by atoms with van der Waals surface area (Å²) in [5.74, 6) is 1.42. The number of benzene rings is 2. The molecule has 1 heterocycles. The summed E-state index contributed by atoms with van der Waals surface area (Å²) in [6.07, 6.45) is 6.74. The van der Waals surface area contributed by atoms with Crippen molar-refractivity contribution >= 4 is 5.97 Å². The van der Waals surface area contributed by atoms with Crippen molar-refractivity contribution in [1.29, 1.82) is 0 Å². The molecule has 0 spiro atoms. The van der Waals surface area contributed by atoms with Gasteiger partial charge >= 0.3 is 5.97 Å². The molecule has 1 aliphatic carbocycles. The highest BCUT2D eigenvalue weighted by molar-refractivity contribution is 5.96. The lowest BCUT2D eigenvalue weighted by Crippen LogP contribution is -2.07. The van der Waals surface area contributed by atoms with Crippen LogP contribution < -0.4 is 0 Å². The van der Waals surface area contributed by atoms with Crippen molar-refractivity contribution in [1.82, 2.24) is 14.8 Å². The van der Waals surface area contributed by atoms with Crippen LogP contribution in [0, 0.1) is 0 Å². The van der Waals surface area contributed by atoms with E-state index in [0.29, 0.717) is 17.9 Å². The van der Waals surface area contributed by atoms with Gasteiger partial charge in [-0.1, -0.05) is 61.7 Å². The van der Waals surface area contributed by atoms with Crippen LogP contribution in [-0.4, -0.2) is 25.8 Å². The summed E-state index contributed by atoms with van der Waals surface area (Å²) in [4.78, 5) is 16.8. The van der Waals surface area contributed by atoms with Crippen LogP contribution in [0.1, 0.15) is 72.5 Å². The highest BCUT2D eigenvalue weighted by Crippen LogP contribution is 2.31. The van der Waals surface area contributed by atoms with Gasteiger partial charge in [-0.15, -0.1) is 0 Å². The third-order valence-corrected chi connectivity index (χ3v) is 5.80. The molecule has 4 rings (SSSR count). The van der Waals surface area contributed by atoms with Crippen molar-refractivity contribution in [2.75, 3.05) is 0 Å². The molecule has 1 aromatic heterocycles. The molecule has 3 aromatic rings. The van der Waals surface area contributed by atoms with Gasteiger partial charge in [0.1, 0.15) is 5.82 Å². The number of carbonyl (C=O) groups is 1. The van der Waals surface area contributed by atoms with E-state index in [2.05, 4.69) is 6.92 Å². The maximum Gasteiger partial charge on any atom is 0.336 e. The zero-order valence-corrected chi connectivity index (χ0v) is 16.8. The maximum absolute atomic E-state index is 11.9. The molecule has 0 atom stereocenters. The van der Waals surface area contributed by atoms with Gasteiger partial charge in [0.05, 0.1) is 5.56 Å². The van der Waals surface area contributed by atoms with Crippen LogP contribution in [0.2, 0.25) is 0 Å². The summed E-state index contributed by atoms with van der Waals surface area (Å²) in [7, 11) is 0. The Morgan fingerprint density at radius 1 is 1.10 bits per heavy atom. The lowest BCUT2D eigenvalue weighted by atomic mass is 9.89. The molecule has 0 bridgehead atoms. The fraction of sp³-hybridized carbons (Fsp3) is 0.375. The van der Waals surface area contributed by atoms with Crippen LogP contribution in [0.15, 0.2) is 48.5 Å². The fourth-order valence-corrected chi connectivity index (χ4v) is 4.24. The second kappa shape index (κ2) is 8.60. The molecule has 0 saturated heterocycles. The van der Waals surface area contributed by atoms with Crippen LogP contribution in [-0.2, 0) is 13.0 Å². The van der Waals surface area contributed by atoms with E-state index in [1.807, 2.05) is 47.1 Å². The molecule has 2 aromatic carbocycles. The van der Waals surface area contributed by atoms with Crippen molar-refractivity contribution in [2.24, 2.45) is 0 Å². The highest BCUT2D eigenvalue weighted by Gasteiger charge is 2.22. The number of aromatic nitrogens is 3. The average Bonchev–Trinajstić information content (AvgIpc) is 3.17. The first-order chi connectivity index (χ1) is 14.2. The quantitative estimate of drug-likeness (QED) is 0.621. The molecule has 0 aliphatic heterocycles. The van der Waals surface area contributed by atoms with Crippen molar-refractivity contribution < 1.29 is 9.90 Å². The smallest absolute Gasteiger partial charge is 0.336 e. The second-order valence-corrected chi connectivity index (χ2v) is 7.76. The molecule has 0 unspecified atom stereocenters. The van der Waals surface area contributed by atoms with Gasteiger partial charge in [-0.3, -0.25) is 0 Å². The Morgan fingerprint density at radius 2 is 1.86 bits per heavy atom. The number of nitrogens with zero attached hydrogens (tertiary/aromatic N) is 3. The first-order valence-corrected chi connectivity index (χ1v) is 10.5. The number of hydrogen-bond acceptors (Lipinski definition) is 3. The predicted octanol–water partition coefficient (Wildman–Crippen LogP) is 5.30. The molecule has 1 saturated carbocycles. The van der Waals surface area contributed by atoms with Crippen LogP contribution in [0.3, 0.4) is 0 Å². The van der Waals surface area contributed by atoms with E-state index in [-0.39, 0.29) is 0 Å². The number of aromatic carboxylic acids is 1. The lowest BCUT2D eigenvalue weighted by molar-refractivity contribution is 0.0697. The van der Waals surface area contributed by atoms with Gasteiger partial charge in [-0.05, 0) is 42.5 Å². The van der Waals surface area contributed by atoms with E-state index < -0.39 is 5.97 Å². The molecule has 5 heteroatoms. The minimum atomic E-state index is -0.912. The van der Waals surface area contributed by atoms with Crippen molar-refractivity contribution in [3.63, 3.8) is 0 Å². The van der Waals surface area contributed by atoms with Gasteiger partial charge in [-0.2, -0.15) is 5.10 Å². The number of rotatable bonds is 6. The van der Waals surface area contributed by atoms with Crippen LogP contribution in [0.4, 0.5) is 0 Å². The summed E-state index contributed by atoms with van der Waals surface area (Å²) in [5, 5.41) is 14.5. The predicted molar refractivity (Wildman–Crippen MR) is 113 cm³/mol. The average molecular weight is 389 g/mol. The molecule has 29 heavy (non-hydrogen) atoms. The van der Waals surface area contributed by atoms with E-state index in [9.17, 15) is 9.90 Å². The Bertz CT molecular complexity index is 989. The Labute approximate surface area is 171 Å². The number of hydrogen-bond donors (Lipinski definition) is 1. The van der Waals surface area contributed by atoms with Gasteiger partial charge in [0, 0.05) is 18.9 Å². The summed E-state index contributed by atoms with van der Waals surface area (Å²) >= 11 is 0. The Kier molecular flexibility index (Phi) is 5.74. The maximum atomic E-state index is 11.9. The summed E-state index contributed by atoms with van der Waals surface area (Å²) in [5.41, 5.74) is 2.91. The van der Waals surface area contributed by atoms with Gasteiger partial charge in [0.2, 0.25) is 0 Å². The van der Waals surface area contributed by atoms with Gasteiger partial charge in [0.25, 0.3) is 0 Å². The highest BCUT2D eigenvalue weighted by atomic mass is 16.4. The van der Waals surface area contributed by atoms with Gasteiger partial charge in [0.15, 0.2) is 5.82 Å². The normalized spacial score (nSPS) is 14.8. The first-order valence-electron chi connectivity index (χ1n) is 10.5. The third-order valence-electron chi connectivity index (χ3n) is 5.80. The van der Waals surface area contributed by atoms with Gasteiger partial charge < -0.3 is 5.11 Å². The SMILES string of the molecule is CCn1nc(C2CCCCC2)nc1Cc1ccc(-c2ccccc2)c(C(=O)O)c1. The first kappa shape index (κ1) is 19.4. The summed E-state index contributed by atoms with van der Waals surface area (Å²) in [6.45, 7) is 2.84. The van der Waals surface area contributed by atoms with Crippen molar-refractivity contribution in [3.8, 4) is 11.1 Å². The molecule has 1 fully saturated rings. The Balaban J connectivity index is 1.63. The van der Waals surface area contributed by atoms with E-state index in [4.69, 9.17) is 10.1 Å². The number of carboxylic acids is 1. The number of carboxylic acid groups (broad SMARTS) is 1. The molecule has 150 valence electrons. The standard InChI is InChI=1S/C24H27N3O2/c1-2-27-22(25-23(26-27)19-11-7-4-8-12-19)16-17-13-14-20(21(15-17)24(28)29)18-9-5-3-6-10-18/h3,5-6,9-10,13-15,19H,2,4,7-8,11-12,16H2,1H3,(H,28,29).